The molecule has 4 rings (SSSR count). The number of hydrogen-bond acceptors (Lipinski definition) is 5. The average Bonchev–Trinajstić information content (AvgIpc) is 3.39. The molecule has 3 aromatic rings. The molecule has 0 N–H and O–H groups in total. The summed E-state index contributed by atoms with van der Waals surface area (Å²) in [6, 6.07) is 10.2. The molecule has 0 atom stereocenters. The van der Waals surface area contributed by atoms with E-state index < -0.39 is 5.91 Å². The Labute approximate surface area is 170 Å². The first-order valence-electron chi connectivity index (χ1n) is 8.90. The minimum absolute atomic E-state index is 0.114. The Morgan fingerprint density at radius 3 is 2.54 bits per heavy atom. The zero-order chi connectivity index (χ0) is 19.5. The Hall–Kier alpha value is -2.71. The zero-order valence-corrected chi connectivity index (χ0v) is 16.4. The maximum atomic E-state index is 13.0. The molecule has 144 valence electrons. The number of amides is 2. The lowest BCUT2D eigenvalue weighted by Gasteiger charge is -2.25. The molecule has 1 fully saturated rings. The largest absolute Gasteiger partial charge is 0.459 e. The number of carbonyl (C=O) groups excluding carboxylic acids is 2. The number of likely N-dealkylation sites (tertiary alicyclic amines) is 1. The molecule has 0 spiro atoms. The first-order valence-corrected chi connectivity index (χ1v) is 10.1. The Morgan fingerprint density at radius 2 is 1.86 bits per heavy atom. The summed E-state index contributed by atoms with van der Waals surface area (Å²) in [5.41, 5.74) is 0.899. The minimum Gasteiger partial charge on any atom is -0.459 e. The van der Waals surface area contributed by atoms with Gasteiger partial charge in [0.15, 0.2) is 16.1 Å². The van der Waals surface area contributed by atoms with Crippen LogP contribution in [-0.4, -0.2) is 39.0 Å². The third-order valence-electron chi connectivity index (χ3n) is 4.39. The summed E-state index contributed by atoms with van der Waals surface area (Å²) in [4.78, 5) is 31.3. The van der Waals surface area contributed by atoms with Gasteiger partial charge in [-0.05, 0) is 67.2 Å². The third kappa shape index (κ3) is 3.93. The van der Waals surface area contributed by atoms with Crippen molar-refractivity contribution in [3.05, 3.63) is 63.8 Å². The van der Waals surface area contributed by atoms with Gasteiger partial charge in [0, 0.05) is 18.1 Å². The van der Waals surface area contributed by atoms with Crippen molar-refractivity contribution in [2.75, 3.05) is 13.1 Å². The molecule has 1 aliphatic rings. The van der Waals surface area contributed by atoms with Crippen LogP contribution in [0.4, 0.5) is 0 Å². The number of rotatable bonds is 3. The van der Waals surface area contributed by atoms with Gasteiger partial charge >= 0.3 is 5.91 Å². The number of piperidine rings is 1. The third-order valence-corrected chi connectivity index (χ3v) is 5.57. The molecular weight excluding hydrogens is 400 g/mol. The van der Waals surface area contributed by atoms with Crippen LogP contribution >= 0.6 is 23.1 Å². The molecule has 0 aliphatic carbocycles. The van der Waals surface area contributed by atoms with Crippen molar-refractivity contribution in [3.63, 3.8) is 0 Å². The Bertz CT molecular complexity index is 1050. The van der Waals surface area contributed by atoms with Crippen LogP contribution in [0.25, 0.3) is 5.69 Å². The maximum Gasteiger partial charge on any atom is 0.314 e. The summed E-state index contributed by atoms with van der Waals surface area (Å²) >= 11 is 7.08. The van der Waals surface area contributed by atoms with Crippen LogP contribution in [0, 0.1) is 0 Å². The molecule has 0 saturated carbocycles. The van der Waals surface area contributed by atoms with Gasteiger partial charge in [-0.1, -0.05) is 11.6 Å². The van der Waals surface area contributed by atoms with Crippen molar-refractivity contribution in [1.82, 2.24) is 14.1 Å². The van der Waals surface area contributed by atoms with Gasteiger partial charge in [-0.15, -0.1) is 5.10 Å². The lowest BCUT2D eigenvalue weighted by molar-refractivity contribution is 0.0716. The number of carbonyl (C=O) groups is 2. The Morgan fingerprint density at radius 1 is 1.11 bits per heavy atom. The van der Waals surface area contributed by atoms with E-state index in [-0.39, 0.29) is 22.0 Å². The number of halogens is 1. The second-order valence-corrected chi connectivity index (χ2v) is 7.69. The molecule has 2 amide bonds. The quantitative estimate of drug-likeness (QED) is 0.653. The van der Waals surface area contributed by atoms with Crippen molar-refractivity contribution in [2.24, 2.45) is 4.99 Å². The Kier molecular flexibility index (Phi) is 5.40. The van der Waals surface area contributed by atoms with Crippen molar-refractivity contribution in [3.8, 4) is 5.69 Å². The molecule has 1 aliphatic heterocycles. The van der Waals surface area contributed by atoms with E-state index in [1.54, 1.807) is 39.3 Å². The average molecular weight is 417 g/mol. The van der Waals surface area contributed by atoms with Gasteiger partial charge < -0.3 is 9.32 Å². The molecule has 1 aromatic carbocycles. The molecule has 0 radical (unpaired) electrons. The van der Waals surface area contributed by atoms with Crippen LogP contribution in [0.1, 0.15) is 40.3 Å². The van der Waals surface area contributed by atoms with Crippen molar-refractivity contribution in [2.45, 2.75) is 19.3 Å². The highest BCUT2D eigenvalue weighted by atomic mass is 35.5. The number of furan rings is 1. The van der Waals surface area contributed by atoms with E-state index in [0.29, 0.717) is 18.1 Å². The summed E-state index contributed by atoms with van der Waals surface area (Å²) < 4.78 is 6.94. The smallest absolute Gasteiger partial charge is 0.314 e. The molecule has 2 aromatic heterocycles. The highest BCUT2D eigenvalue weighted by Crippen LogP contribution is 2.16. The Balaban J connectivity index is 1.76. The topological polar surface area (TPSA) is 80.7 Å². The monoisotopic (exact) mass is 416 g/mol. The second kappa shape index (κ2) is 8.12. The van der Waals surface area contributed by atoms with E-state index in [2.05, 4.69) is 10.1 Å². The van der Waals surface area contributed by atoms with E-state index in [1.807, 2.05) is 0 Å². The lowest BCUT2D eigenvalue weighted by Crippen LogP contribution is -2.37. The molecule has 1 saturated heterocycles. The first kappa shape index (κ1) is 18.6. The SMILES string of the molecule is O=C(N=c1sn(-c2ccc(Cl)cc2)nc1C(=O)N1CCCCC1)c1ccco1. The van der Waals surface area contributed by atoms with Crippen molar-refractivity contribution < 1.29 is 14.0 Å². The van der Waals surface area contributed by atoms with E-state index >= 15 is 0 Å². The molecular formula is C19H17ClN4O3S. The van der Waals surface area contributed by atoms with Gasteiger partial charge in [-0.25, -0.2) is 0 Å². The van der Waals surface area contributed by atoms with Crippen molar-refractivity contribution in [1.29, 1.82) is 0 Å². The normalized spacial score (nSPS) is 15.0. The fourth-order valence-corrected chi connectivity index (χ4v) is 3.94. The fraction of sp³-hybridized carbons (Fsp3) is 0.263. The van der Waals surface area contributed by atoms with Crippen LogP contribution in [0.15, 0.2) is 52.1 Å². The van der Waals surface area contributed by atoms with E-state index in [4.69, 9.17) is 16.0 Å². The molecule has 28 heavy (non-hydrogen) atoms. The number of benzene rings is 1. The highest BCUT2D eigenvalue weighted by Gasteiger charge is 2.24. The van der Waals surface area contributed by atoms with Crippen LogP contribution < -0.4 is 4.67 Å². The van der Waals surface area contributed by atoms with Crippen LogP contribution in [0.3, 0.4) is 0 Å². The lowest BCUT2D eigenvalue weighted by atomic mass is 10.1. The van der Waals surface area contributed by atoms with Crippen LogP contribution in [0.2, 0.25) is 5.02 Å². The fourth-order valence-electron chi connectivity index (χ4n) is 2.96. The van der Waals surface area contributed by atoms with Crippen LogP contribution in [0.5, 0.6) is 0 Å². The summed E-state index contributed by atoms with van der Waals surface area (Å²) in [6.07, 6.45) is 4.44. The number of hydrogen-bond donors (Lipinski definition) is 0. The molecule has 3 heterocycles. The molecule has 0 unspecified atom stereocenters. The molecule has 0 bridgehead atoms. The summed E-state index contributed by atoms with van der Waals surface area (Å²) in [5.74, 6) is -0.651. The maximum absolute atomic E-state index is 13.0. The molecule has 7 nitrogen and oxygen atoms in total. The van der Waals surface area contributed by atoms with Gasteiger partial charge in [0.25, 0.3) is 5.91 Å². The second-order valence-electron chi connectivity index (χ2n) is 6.34. The first-order chi connectivity index (χ1) is 13.6. The van der Waals surface area contributed by atoms with Crippen molar-refractivity contribution >= 4 is 34.9 Å². The number of nitrogens with zero attached hydrogens (tertiary/aromatic N) is 4. The summed E-state index contributed by atoms with van der Waals surface area (Å²) in [5, 5.41) is 5.04. The van der Waals surface area contributed by atoms with E-state index in [0.717, 1.165) is 36.5 Å². The number of aromatic nitrogens is 2. The predicted octanol–water partition coefficient (Wildman–Crippen LogP) is 3.55. The standard InChI is InChI=1S/C19H17ClN4O3S/c20-13-6-8-14(9-7-13)24-22-16(19(26)23-10-2-1-3-11-23)18(28-24)21-17(25)15-5-4-12-27-15/h4-9,12H,1-3,10-11H2. The van der Waals surface area contributed by atoms with E-state index in [9.17, 15) is 9.59 Å². The zero-order valence-electron chi connectivity index (χ0n) is 14.9. The van der Waals surface area contributed by atoms with Gasteiger partial charge in [-0.3, -0.25) is 9.59 Å². The minimum atomic E-state index is -0.551. The predicted molar refractivity (Wildman–Crippen MR) is 105 cm³/mol. The van der Waals surface area contributed by atoms with Gasteiger partial charge in [0.2, 0.25) is 0 Å². The van der Waals surface area contributed by atoms with Crippen LogP contribution in [-0.2, 0) is 0 Å². The van der Waals surface area contributed by atoms with Gasteiger partial charge in [0.05, 0.1) is 12.0 Å². The van der Waals surface area contributed by atoms with Gasteiger partial charge in [0.1, 0.15) is 0 Å². The highest BCUT2D eigenvalue weighted by molar-refractivity contribution is 7.04. The summed E-state index contributed by atoms with van der Waals surface area (Å²) in [6.45, 7) is 1.37. The summed E-state index contributed by atoms with van der Waals surface area (Å²) in [7, 11) is 0. The van der Waals surface area contributed by atoms with Gasteiger partial charge in [-0.2, -0.15) is 9.06 Å². The van der Waals surface area contributed by atoms with E-state index in [1.165, 1.54) is 12.3 Å². The molecule has 9 heteroatoms.